The third kappa shape index (κ3) is 3.19. The summed E-state index contributed by atoms with van der Waals surface area (Å²) in [5.74, 6) is 0.855. The van der Waals surface area contributed by atoms with E-state index < -0.39 is 0 Å². The van der Waals surface area contributed by atoms with Crippen molar-refractivity contribution in [3.63, 3.8) is 0 Å². The van der Waals surface area contributed by atoms with Crippen LogP contribution in [0.25, 0.3) is 0 Å². The summed E-state index contributed by atoms with van der Waals surface area (Å²) in [5.41, 5.74) is 0.0976. The first-order chi connectivity index (χ1) is 7.72. The van der Waals surface area contributed by atoms with Crippen LogP contribution in [-0.2, 0) is 4.74 Å². The van der Waals surface area contributed by atoms with Gasteiger partial charge in [0.15, 0.2) is 0 Å². The molecule has 2 saturated heterocycles. The van der Waals surface area contributed by atoms with Crippen LogP contribution in [0.2, 0.25) is 0 Å². The largest absolute Gasteiger partial charge is 0.377 e. The molecule has 0 radical (unpaired) electrons. The summed E-state index contributed by atoms with van der Waals surface area (Å²) in [7, 11) is 1.85. The molecule has 2 rings (SSSR count). The second-order valence-corrected chi connectivity index (χ2v) is 5.71. The van der Waals surface area contributed by atoms with Gasteiger partial charge in [0.1, 0.15) is 0 Å². The van der Waals surface area contributed by atoms with Gasteiger partial charge in [0.25, 0.3) is 0 Å². The van der Waals surface area contributed by atoms with E-state index in [0.717, 1.165) is 12.5 Å². The Morgan fingerprint density at radius 3 is 3.00 bits per heavy atom. The maximum absolute atomic E-state index is 5.64. The number of methoxy groups -OCH3 is 1. The molecular formula is C13H26N2O. The van der Waals surface area contributed by atoms with E-state index in [0.29, 0.717) is 0 Å². The number of nitrogens with zero attached hydrogens (tertiary/aromatic N) is 1. The molecule has 1 N–H and O–H groups in total. The van der Waals surface area contributed by atoms with Crippen LogP contribution < -0.4 is 5.32 Å². The fourth-order valence-corrected chi connectivity index (χ4v) is 3.08. The van der Waals surface area contributed by atoms with E-state index in [9.17, 15) is 0 Å². The second kappa shape index (κ2) is 5.48. The Hall–Kier alpha value is -0.120. The summed E-state index contributed by atoms with van der Waals surface area (Å²) in [6, 6.07) is 0. The first-order valence-corrected chi connectivity index (χ1v) is 6.70. The molecule has 2 fully saturated rings. The predicted molar refractivity (Wildman–Crippen MR) is 66.7 cm³/mol. The topological polar surface area (TPSA) is 24.5 Å². The molecule has 2 aliphatic rings. The fourth-order valence-electron chi connectivity index (χ4n) is 3.08. The maximum Gasteiger partial charge on any atom is 0.0777 e. The number of rotatable bonds is 3. The Kier molecular flexibility index (Phi) is 4.22. The molecule has 0 amide bonds. The minimum atomic E-state index is 0.0976. The molecule has 2 atom stereocenters. The van der Waals surface area contributed by atoms with E-state index in [1.807, 2.05) is 7.11 Å². The molecule has 0 bridgehead atoms. The highest BCUT2D eigenvalue weighted by molar-refractivity contribution is 4.86. The molecule has 3 nitrogen and oxygen atoms in total. The molecule has 0 aromatic rings. The van der Waals surface area contributed by atoms with Gasteiger partial charge in [-0.3, -0.25) is 0 Å². The predicted octanol–water partition coefficient (Wildman–Crippen LogP) is 1.49. The summed E-state index contributed by atoms with van der Waals surface area (Å²) < 4.78 is 5.64. The first-order valence-electron chi connectivity index (χ1n) is 6.70. The van der Waals surface area contributed by atoms with Crippen LogP contribution in [0.4, 0.5) is 0 Å². The minimum absolute atomic E-state index is 0.0976. The summed E-state index contributed by atoms with van der Waals surface area (Å²) in [4.78, 5) is 2.60. The lowest BCUT2D eigenvalue weighted by Crippen LogP contribution is -2.50. The van der Waals surface area contributed by atoms with Crippen LogP contribution >= 0.6 is 0 Å². The van der Waals surface area contributed by atoms with Gasteiger partial charge in [-0.15, -0.1) is 0 Å². The van der Waals surface area contributed by atoms with Crippen molar-refractivity contribution in [1.82, 2.24) is 10.2 Å². The van der Waals surface area contributed by atoms with Gasteiger partial charge in [0, 0.05) is 20.2 Å². The van der Waals surface area contributed by atoms with Gasteiger partial charge < -0.3 is 15.0 Å². The standard InChI is InChI=1S/C13H26N2O/c1-13(16-2)6-4-8-15(11-13)10-12-5-3-7-14-9-12/h12,14H,3-11H2,1-2H3. The van der Waals surface area contributed by atoms with Crippen LogP contribution in [0.15, 0.2) is 0 Å². The molecule has 0 aromatic heterocycles. The number of likely N-dealkylation sites (tertiary alicyclic amines) is 1. The molecule has 0 spiro atoms. The minimum Gasteiger partial charge on any atom is -0.377 e. The van der Waals surface area contributed by atoms with Crippen LogP contribution in [-0.4, -0.2) is 50.3 Å². The molecule has 16 heavy (non-hydrogen) atoms. The van der Waals surface area contributed by atoms with Gasteiger partial charge in [0.2, 0.25) is 0 Å². The maximum atomic E-state index is 5.64. The van der Waals surface area contributed by atoms with Gasteiger partial charge in [-0.1, -0.05) is 0 Å². The zero-order valence-corrected chi connectivity index (χ0v) is 10.8. The van der Waals surface area contributed by atoms with Gasteiger partial charge >= 0.3 is 0 Å². The van der Waals surface area contributed by atoms with Gasteiger partial charge in [0.05, 0.1) is 5.60 Å². The lowest BCUT2D eigenvalue weighted by molar-refractivity contribution is -0.0541. The highest BCUT2D eigenvalue weighted by Gasteiger charge is 2.31. The molecule has 2 aliphatic heterocycles. The van der Waals surface area contributed by atoms with E-state index in [-0.39, 0.29) is 5.60 Å². The van der Waals surface area contributed by atoms with Crippen LogP contribution in [0.3, 0.4) is 0 Å². The Balaban J connectivity index is 1.80. The smallest absolute Gasteiger partial charge is 0.0777 e. The highest BCUT2D eigenvalue weighted by atomic mass is 16.5. The van der Waals surface area contributed by atoms with Crippen molar-refractivity contribution >= 4 is 0 Å². The summed E-state index contributed by atoms with van der Waals surface area (Å²) in [6.07, 6.45) is 5.24. The van der Waals surface area contributed by atoms with Gasteiger partial charge in [-0.2, -0.15) is 0 Å². The monoisotopic (exact) mass is 226 g/mol. The van der Waals surface area contributed by atoms with E-state index in [4.69, 9.17) is 4.74 Å². The van der Waals surface area contributed by atoms with E-state index in [2.05, 4.69) is 17.1 Å². The molecule has 2 heterocycles. The number of piperidine rings is 2. The zero-order valence-electron chi connectivity index (χ0n) is 10.8. The number of hydrogen-bond donors (Lipinski definition) is 1. The third-order valence-electron chi connectivity index (χ3n) is 4.15. The van der Waals surface area contributed by atoms with Crippen molar-refractivity contribution in [3.05, 3.63) is 0 Å². The van der Waals surface area contributed by atoms with Crippen molar-refractivity contribution in [2.45, 2.75) is 38.2 Å². The Morgan fingerprint density at radius 2 is 2.31 bits per heavy atom. The summed E-state index contributed by atoms with van der Waals surface area (Å²) in [6.45, 7) is 8.30. The van der Waals surface area contributed by atoms with Crippen LogP contribution in [0, 0.1) is 5.92 Å². The number of hydrogen-bond acceptors (Lipinski definition) is 3. The third-order valence-corrected chi connectivity index (χ3v) is 4.15. The molecule has 0 aliphatic carbocycles. The number of nitrogens with one attached hydrogen (secondary N) is 1. The highest BCUT2D eigenvalue weighted by Crippen LogP contribution is 2.25. The summed E-state index contributed by atoms with van der Waals surface area (Å²) in [5, 5.41) is 3.50. The van der Waals surface area contributed by atoms with Crippen molar-refractivity contribution in [2.75, 3.05) is 39.8 Å². The summed E-state index contributed by atoms with van der Waals surface area (Å²) >= 11 is 0. The SMILES string of the molecule is COC1(C)CCCN(CC2CCCNC2)C1. The Bertz CT molecular complexity index is 216. The van der Waals surface area contributed by atoms with E-state index in [1.54, 1.807) is 0 Å². The average molecular weight is 226 g/mol. The van der Waals surface area contributed by atoms with Gasteiger partial charge in [-0.05, 0) is 58.2 Å². The molecular weight excluding hydrogens is 200 g/mol. The van der Waals surface area contributed by atoms with Crippen LogP contribution in [0.1, 0.15) is 32.6 Å². The van der Waals surface area contributed by atoms with Crippen molar-refractivity contribution in [2.24, 2.45) is 5.92 Å². The Morgan fingerprint density at radius 1 is 1.44 bits per heavy atom. The quantitative estimate of drug-likeness (QED) is 0.789. The molecule has 2 unspecified atom stereocenters. The number of ether oxygens (including phenoxy) is 1. The molecule has 0 aromatic carbocycles. The van der Waals surface area contributed by atoms with Crippen LogP contribution in [0.5, 0.6) is 0 Å². The van der Waals surface area contributed by atoms with E-state index in [1.165, 1.54) is 51.9 Å². The normalized spacial score (nSPS) is 37.5. The average Bonchev–Trinajstić information content (AvgIpc) is 2.30. The lowest BCUT2D eigenvalue weighted by atomic mass is 9.92. The fraction of sp³-hybridized carbons (Fsp3) is 1.00. The lowest BCUT2D eigenvalue weighted by Gasteiger charge is -2.41. The first kappa shape index (κ1) is 12.3. The van der Waals surface area contributed by atoms with Crippen molar-refractivity contribution in [3.8, 4) is 0 Å². The van der Waals surface area contributed by atoms with Crippen molar-refractivity contribution < 1.29 is 4.74 Å². The molecule has 3 heteroatoms. The molecule has 0 saturated carbocycles. The zero-order chi connectivity index (χ0) is 11.4. The van der Waals surface area contributed by atoms with Crippen molar-refractivity contribution in [1.29, 1.82) is 0 Å². The van der Waals surface area contributed by atoms with E-state index >= 15 is 0 Å². The van der Waals surface area contributed by atoms with Gasteiger partial charge in [-0.25, -0.2) is 0 Å². The Labute approximate surface area is 99.5 Å². The second-order valence-electron chi connectivity index (χ2n) is 5.71. The molecule has 94 valence electrons.